The highest BCUT2D eigenvalue weighted by atomic mass is 32.1. The summed E-state index contributed by atoms with van der Waals surface area (Å²) in [6.45, 7) is 2.71. The molecule has 2 heterocycles. The van der Waals surface area contributed by atoms with Crippen LogP contribution >= 0.6 is 22.7 Å². The molecule has 0 aliphatic heterocycles. The Labute approximate surface area is 142 Å². The van der Waals surface area contributed by atoms with E-state index in [2.05, 4.69) is 22.4 Å². The highest BCUT2D eigenvalue weighted by Gasteiger charge is 2.10. The Hall–Kier alpha value is -1.93. The Bertz CT molecular complexity index is 681. The van der Waals surface area contributed by atoms with Crippen molar-refractivity contribution in [2.45, 2.75) is 19.8 Å². The van der Waals surface area contributed by atoms with Crippen LogP contribution in [0.3, 0.4) is 0 Å². The van der Waals surface area contributed by atoms with Gasteiger partial charge in [-0.2, -0.15) is 0 Å². The van der Waals surface area contributed by atoms with Gasteiger partial charge in [0, 0.05) is 30.4 Å². The Kier molecular flexibility index (Phi) is 6.12. The average Bonchev–Trinajstić information content (AvgIpc) is 3.13. The van der Waals surface area contributed by atoms with Gasteiger partial charge in [0.25, 0.3) is 0 Å². The number of thiazole rings is 1. The number of nitrogens with zero attached hydrogens (tertiary/aromatic N) is 2. The Morgan fingerprint density at radius 1 is 1.39 bits per heavy atom. The number of urea groups is 1. The van der Waals surface area contributed by atoms with Gasteiger partial charge in [-0.25, -0.2) is 9.78 Å². The van der Waals surface area contributed by atoms with Crippen LogP contribution in [0.15, 0.2) is 17.5 Å². The lowest BCUT2D eigenvalue weighted by molar-refractivity contribution is -0.137. The van der Waals surface area contributed by atoms with Crippen molar-refractivity contribution in [1.82, 2.24) is 15.2 Å². The lowest BCUT2D eigenvalue weighted by Gasteiger charge is -2.16. The first-order valence-corrected chi connectivity index (χ1v) is 8.87. The van der Waals surface area contributed by atoms with Crippen LogP contribution < -0.4 is 5.32 Å². The fraction of sp³-hybridized carbons (Fsp3) is 0.400. The molecule has 6 nitrogen and oxygen atoms in total. The molecule has 2 aromatic rings. The number of aliphatic carboxylic acids is 1. The summed E-state index contributed by atoms with van der Waals surface area (Å²) < 4.78 is 0. The molecule has 2 amide bonds. The van der Waals surface area contributed by atoms with Crippen LogP contribution in [0.2, 0.25) is 0 Å². The number of carboxylic acid groups (broad SMARTS) is 1. The molecular weight excluding hydrogens is 334 g/mol. The molecule has 0 atom stereocenters. The zero-order chi connectivity index (χ0) is 16.8. The summed E-state index contributed by atoms with van der Waals surface area (Å²) in [6.07, 6.45) is 0.692. The number of aryl methyl sites for hydroxylation is 1. The first kappa shape index (κ1) is 17.4. The second-order valence-corrected chi connectivity index (χ2v) is 7.30. The molecule has 0 fully saturated rings. The highest BCUT2D eigenvalue weighted by molar-refractivity contribution is 7.16. The quantitative estimate of drug-likeness (QED) is 0.802. The normalized spacial score (nSPS) is 10.5. The number of hydrogen-bond acceptors (Lipinski definition) is 5. The number of amides is 2. The molecule has 2 N–H and O–H groups in total. The molecule has 8 heteroatoms. The molecule has 0 saturated carbocycles. The van der Waals surface area contributed by atoms with Gasteiger partial charge in [0.1, 0.15) is 0 Å². The first-order valence-electron chi connectivity index (χ1n) is 7.17. The van der Waals surface area contributed by atoms with Crippen molar-refractivity contribution in [3.05, 3.63) is 27.4 Å². The molecule has 0 aliphatic rings. The number of carboxylic acids is 1. The van der Waals surface area contributed by atoms with Crippen molar-refractivity contribution < 1.29 is 14.7 Å². The number of thiophene rings is 1. The van der Waals surface area contributed by atoms with Gasteiger partial charge in [-0.15, -0.1) is 22.7 Å². The second-order valence-electron chi connectivity index (χ2n) is 5.06. The third kappa shape index (κ3) is 5.33. The Morgan fingerprint density at radius 3 is 2.83 bits per heavy atom. The van der Waals surface area contributed by atoms with E-state index in [0.29, 0.717) is 6.54 Å². The Balaban J connectivity index is 1.77. The van der Waals surface area contributed by atoms with Crippen LogP contribution in [-0.4, -0.2) is 47.1 Å². The van der Waals surface area contributed by atoms with Crippen LogP contribution in [-0.2, 0) is 11.2 Å². The van der Waals surface area contributed by atoms with Crippen LogP contribution in [0.4, 0.5) is 4.79 Å². The van der Waals surface area contributed by atoms with Crippen LogP contribution in [0.1, 0.15) is 16.3 Å². The monoisotopic (exact) mass is 353 g/mol. The van der Waals surface area contributed by atoms with E-state index in [1.807, 2.05) is 12.3 Å². The van der Waals surface area contributed by atoms with Gasteiger partial charge in [0.2, 0.25) is 0 Å². The zero-order valence-corrected chi connectivity index (χ0v) is 14.7. The van der Waals surface area contributed by atoms with Gasteiger partial charge in [-0.05, 0) is 25.5 Å². The van der Waals surface area contributed by atoms with Crippen molar-refractivity contribution in [2.24, 2.45) is 0 Å². The SMILES string of the molecule is Cc1nc(-c2ccc(CCNC(=O)N(C)CCC(=O)O)s2)cs1. The summed E-state index contributed by atoms with van der Waals surface area (Å²) in [4.78, 5) is 30.4. The number of hydrogen-bond donors (Lipinski definition) is 2. The molecule has 124 valence electrons. The molecule has 0 spiro atoms. The molecule has 0 bridgehead atoms. The summed E-state index contributed by atoms with van der Waals surface area (Å²) >= 11 is 3.31. The summed E-state index contributed by atoms with van der Waals surface area (Å²) in [5.74, 6) is -0.909. The minimum absolute atomic E-state index is 0.0503. The number of aromatic nitrogens is 1. The maximum atomic E-state index is 11.8. The van der Waals surface area contributed by atoms with E-state index in [1.54, 1.807) is 29.7 Å². The van der Waals surface area contributed by atoms with E-state index >= 15 is 0 Å². The fourth-order valence-corrected chi connectivity index (χ4v) is 3.57. The second kappa shape index (κ2) is 8.07. The van der Waals surface area contributed by atoms with Crippen molar-refractivity contribution in [3.8, 4) is 10.6 Å². The fourth-order valence-electron chi connectivity index (χ4n) is 1.92. The van der Waals surface area contributed by atoms with Crippen molar-refractivity contribution in [2.75, 3.05) is 20.1 Å². The van der Waals surface area contributed by atoms with Gasteiger partial charge < -0.3 is 15.3 Å². The zero-order valence-electron chi connectivity index (χ0n) is 13.0. The van der Waals surface area contributed by atoms with Gasteiger partial charge in [-0.1, -0.05) is 0 Å². The summed E-state index contributed by atoms with van der Waals surface area (Å²) in [5, 5.41) is 14.5. The van der Waals surface area contributed by atoms with E-state index in [0.717, 1.165) is 22.0 Å². The summed E-state index contributed by atoms with van der Waals surface area (Å²) in [5.41, 5.74) is 1.00. The molecule has 23 heavy (non-hydrogen) atoms. The molecule has 2 aromatic heterocycles. The third-order valence-corrected chi connectivity index (χ3v) is 5.13. The van der Waals surface area contributed by atoms with Gasteiger partial charge in [0.15, 0.2) is 0 Å². The topological polar surface area (TPSA) is 82.5 Å². The predicted octanol–water partition coefficient (Wildman–Crippen LogP) is 2.84. The van der Waals surface area contributed by atoms with Gasteiger partial charge in [0.05, 0.1) is 22.0 Å². The number of rotatable bonds is 7. The smallest absolute Gasteiger partial charge is 0.317 e. The lowest BCUT2D eigenvalue weighted by Crippen LogP contribution is -2.39. The predicted molar refractivity (Wildman–Crippen MR) is 92.1 cm³/mol. The third-order valence-electron chi connectivity index (χ3n) is 3.19. The number of carbonyl (C=O) groups is 2. The van der Waals surface area contributed by atoms with E-state index < -0.39 is 5.97 Å². The van der Waals surface area contributed by atoms with Crippen LogP contribution in [0.25, 0.3) is 10.6 Å². The molecule has 0 saturated heterocycles. The van der Waals surface area contributed by atoms with E-state index in [4.69, 9.17) is 5.11 Å². The molecule has 0 aromatic carbocycles. The molecule has 0 radical (unpaired) electrons. The van der Waals surface area contributed by atoms with Gasteiger partial charge >= 0.3 is 12.0 Å². The van der Waals surface area contributed by atoms with Gasteiger partial charge in [-0.3, -0.25) is 4.79 Å². The first-order chi connectivity index (χ1) is 11.0. The molecule has 2 rings (SSSR count). The standard InChI is InChI=1S/C15H19N3O3S2/c1-10-17-12(9-22-10)13-4-3-11(23-13)5-7-16-15(21)18(2)8-6-14(19)20/h3-4,9H,5-8H2,1-2H3,(H,16,21)(H,19,20). The number of carbonyl (C=O) groups excluding carboxylic acids is 1. The average molecular weight is 353 g/mol. The Morgan fingerprint density at radius 2 is 2.17 bits per heavy atom. The van der Waals surface area contributed by atoms with Crippen LogP contribution in [0.5, 0.6) is 0 Å². The molecule has 0 unspecified atom stereocenters. The highest BCUT2D eigenvalue weighted by Crippen LogP contribution is 2.29. The molecule has 0 aliphatic carbocycles. The number of nitrogens with one attached hydrogen (secondary N) is 1. The van der Waals surface area contributed by atoms with Crippen LogP contribution in [0, 0.1) is 6.92 Å². The summed E-state index contributed by atoms with van der Waals surface area (Å²) in [6, 6.07) is 3.85. The maximum Gasteiger partial charge on any atom is 0.317 e. The largest absolute Gasteiger partial charge is 0.481 e. The summed E-state index contributed by atoms with van der Waals surface area (Å²) in [7, 11) is 1.59. The van der Waals surface area contributed by atoms with Crippen molar-refractivity contribution >= 4 is 34.7 Å². The maximum absolute atomic E-state index is 11.8. The van der Waals surface area contributed by atoms with Crippen molar-refractivity contribution in [3.63, 3.8) is 0 Å². The minimum atomic E-state index is -0.909. The van der Waals surface area contributed by atoms with E-state index in [-0.39, 0.29) is 19.0 Å². The van der Waals surface area contributed by atoms with Crippen molar-refractivity contribution in [1.29, 1.82) is 0 Å². The van der Waals surface area contributed by atoms with E-state index in [9.17, 15) is 9.59 Å². The minimum Gasteiger partial charge on any atom is -0.481 e. The molecular formula is C15H19N3O3S2. The van der Waals surface area contributed by atoms with E-state index in [1.165, 1.54) is 9.78 Å². The lowest BCUT2D eigenvalue weighted by atomic mass is 10.3.